The molecule has 1 aromatic rings. The average molecular weight is 303 g/mol. The van der Waals surface area contributed by atoms with Gasteiger partial charge in [-0.15, -0.1) is 0 Å². The second-order valence-electron chi connectivity index (χ2n) is 7.39. The summed E-state index contributed by atoms with van der Waals surface area (Å²) in [6, 6.07) is 1.13. The Balaban J connectivity index is 1.40. The fourth-order valence-electron chi connectivity index (χ4n) is 4.54. The molecule has 1 aromatic heterocycles. The van der Waals surface area contributed by atoms with Gasteiger partial charge in [-0.25, -0.2) is 4.98 Å². The van der Waals surface area contributed by atoms with Gasteiger partial charge in [0, 0.05) is 37.6 Å². The number of aromatic nitrogens is 2. The van der Waals surface area contributed by atoms with Crippen LogP contribution in [0.1, 0.15) is 63.8 Å². The van der Waals surface area contributed by atoms with E-state index in [1.807, 2.05) is 6.20 Å². The molecule has 1 N–H and O–H groups in total. The molecule has 0 amide bonds. The first-order valence-electron chi connectivity index (χ1n) is 9.24. The summed E-state index contributed by atoms with van der Waals surface area (Å²) in [6.07, 6.45) is 13.8. The summed E-state index contributed by atoms with van der Waals surface area (Å²) < 4.78 is 8.26. The highest BCUT2D eigenvalue weighted by atomic mass is 16.5. The molecule has 0 unspecified atom stereocenters. The topological polar surface area (TPSA) is 39.1 Å². The summed E-state index contributed by atoms with van der Waals surface area (Å²) in [6.45, 7) is 4.00. The molecule has 122 valence electrons. The molecule has 3 fully saturated rings. The number of hydrogen-bond acceptors (Lipinski definition) is 3. The molecule has 1 saturated heterocycles. The molecule has 2 heterocycles. The smallest absolute Gasteiger partial charge is 0.139 e. The number of imidazole rings is 1. The third kappa shape index (κ3) is 2.95. The van der Waals surface area contributed by atoms with Crippen LogP contribution in [0, 0.1) is 11.8 Å². The molecule has 4 nitrogen and oxygen atoms in total. The molecule has 0 spiro atoms. The van der Waals surface area contributed by atoms with E-state index in [1.54, 1.807) is 0 Å². The molecular weight excluding hydrogens is 274 g/mol. The minimum Gasteiger partial charge on any atom is -0.369 e. The zero-order valence-corrected chi connectivity index (χ0v) is 13.7. The molecule has 3 aliphatic rings. The summed E-state index contributed by atoms with van der Waals surface area (Å²) in [4.78, 5) is 4.56. The van der Waals surface area contributed by atoms with Gasteiger partial charge in [0.2, 0.25) is 0 Å². The van der Waals surface area contributed by atoms with Crippen LogP contribution in [0.5, 0.6) is 0 Å². The molecule has 0 bridgehead atoms. The number of aryl methyl sites for hydroxylation is 1. The Morgan fingerprint density at radius 3 is 2.95 bits per heavy atom. The van der Waals surface area contributed by atoms with E-state index in [9.17, 15) is 0 Å². The minimum atomic E-state index is 0.135. The molecule has 22 heavy (non-hydrogen) atoms. The molecule has 4 heteroatoms. The zero-order valence-electron chi connectivity index (χ0n) is 13.7. The van der Waals surface area contributed by atoms with Crippen molar-refractivity contribution in [2.75, 3.05) is 6.61 Å². The van der Waals surface area contributed by atoms with Crippen LogP contribution < -0.4 is 5.32 Å². The van der Waals surface area contributed by atoms with Gasteiger partial charge >= 0.3 is 0 Å². The van der Waals surface area contributed by atoms with E-state index in [1.165, 1.54) is 38.5 Å². The largest absolute Gasteiger partial charge is 0.369 e. The van der Waals surface area contributed by atoms with E-state index >= 15 is 0 Å². The molecule has 4 rings (SSSR count). The maximum Gasteiger partial charge on any atom is 0.139 e. The molecule has 1 aliphatic heterocycles. The number of ether oxygens (including phenoxy) is 1. The van der Waals surface area contributed by atoms with Crippen LogP contribution in [0.3, 0.4) is 0 Å². The van der Waals surface area contributed by atoms with Crippen LogP contribution in [0.2, 0.25) is 0 Å². The van der Waals surface area contributed by atoms with Gasteiger partial charge < -0.3 is 14.6 Å². The van der Waals surface area contributed by atoms with Crippen molar-refractivity contribution in [1.82, 2.24) is 14.9 Å². The quantitative estimate of drug-likeness (QED) is 0.907. The van der Waals surface area contributed by atoms with Gasteiger partial charge in [-0.3, -0.25) is 0 Å². The minimum absolute atomic E-state index is 0.135. The van der Waals surface area contributed by atoms with Crippen molar-refractivity contribution in [3.63, 3.8) is 0 Å². The SMILES string of the molecule is CCn1ccnc1[C@H]1OCC[C@@H]1N[C@H]1CCC[C@@H](C2CC2)C1. The van der Waals surface area contributed by atoms with Crippen LogP contribution >= 0.6 is 0 Å². The van der Waals surface area contributed by atoms with Crippen molar-refractivity contribution >= 4 is 0 Å². The van der Waals surface area contributed by atoms with Crippen LogP contribution in [-0.2, 0) is 11.3 Å². The normalized spacial score (nSPS) is 35.9. The highest BCUT2D eigenvalue weighted by molar-refractivity contribution is 5.04. The lowest BCUT2D eigenvalue weighted by Gasteiger charge is -2.33. The van der Waals surface area contributed by atoms with E-state index in [0.29, 0.717) is 12.1 Å². The van der Waals surface area contributed by atoms with Gasteiger partial charge in [0.1, 0.15) is 11.9 Å². The number of hydrogen-bond donors (Lipinski definition) is 1. The van der Waals surface area contributed by atoms with E-state index in [0.717, 1.165) is 37.2 Å². The standard InChI is InChI=1S/C18H29N3O/c1-2-21-10-9-19-18(21)17-16(8-11-22-17)20-15-5-3-4-14(12-15)13-6-7-13/h9-10,13-17,20H,2-8,11-12H2,1H3/t14-,15+,16+,17+/m1/s1. The van der Waals surface area contributed by atoms with Crippen molar-refractivity contribution in [2.24, 2.45) is 11.8 Å². The van der Waals surface area contributed by atoms with Crippen molar-refractivity contribution < 1.29 is 4.74 Å². The van der Waals surface area contributed by atoms with Crippen molar-refractivity contribution in [1.29, 1.82) is 0 Å². The highest BCUT2D eigenvalue weighted by Crippen LogP contribution is 2.44. The van der Waals surface area contributed by atoms with Gasteiger partial charge in [-0.05, 0) is 50.9 Å². The first-order valence-corrected chi connectivity index (χ1v) is 9.24. The maximum absolute atomic E-state index is 6.03. The van der Waals surface area contributed by atoms with Gasteiger partial charge in [0.25, 0.3) is 0 Å². The first-order chi connectivity index (χ1) is 10.8. The second-order valence-corrected chi connectivity index (χ2v) is 7.39. The van der Waals surface area contributed by atoms with Crippen LogP contribution in [0.4, 0.5) is 0 Å². The third-order valence-electron chi connectivity index (χ3n) is 5.89. The zero-order chi connectivity index (χ0) is 14.9. The highest BCUT2D eigenvalue weighted by Gasteiger charge is 2.38. The van der Waals surface area contributed by atoms with Gasteiger partial charge in [0.05, 0.1) is 0 Å². The summed E-state index contributed by atoms with van der Waals surface area (Å²) in [5, 5.41) is 3.94. The molecule has 0 radical (unpaired) electrons. The Morgan fingerprint density at radius 1 is 1.23 bits per heavy atom. The fraction of sp³-hybridized carbons (Fsp3) is 0.833. The summed E-state index contributed by atoms with van der Waals surface area (Å²) in [7, 11) is 0. The average Bonchev–Trinajstić information content (AvgIpc) is 3.12. The number of nitrogens with one attached hydrogen (secondary N) is 1. The predicted molar refractivity (Wildman–Crippen MR) is 86.6 cm³/mol. The van der Waals surface area contributed by atoms with E-state index < -0.39 is 0 Å². The monoisotopic (exact) mass is 303 g/mol. The molecule has 2 aliphatic carbocycles. The first kappa shape index (κ1) is 14.7. The van der Waals surface area contributed by atoms with Crippen molar-refractivity contribution in [3.8, 4) is 0 Å². The summed E-state index contributed by atoms with van der Waals surface area (Å²) in [5.41, 5.74) is 0. The molecule has 0 aromatic carbocycles. The van der Waals surface area contributed by atoms with Gasteiger partial charge in [-0.2, -0.15) is 0 Å². The van der Waals surface area contributed by atoms with Crippen molar-refractivity contribution in [2.45, 2.75) is 76.6 Å². The van der Waals surface area contributed by atoms with Crippen molar-refractivity contribution in [3.05, 3.63) is 18.2 Å². The Labute approximate surface area is 133 Å². The fourth-order valence-corrected chi connectivity index (χ4v) is 4.54. The Kier molecular flexibility index (Phi) is 4.23. The lowest BCUT2D eigenvalue weighted by atomic mass is 9.82. The van der Waals surface area contributed by atoms with Crippen LogP contribution in [0.15, 0.2) is 12.4 Å². The molecule has 2 saturated carbocycles. The lowest BCUT2D eigenvalue weighted by molar-refractivity contribution is 0.0836. The van der Waals surface area contributed by atoms with Gasteiger partial charge in [-0.1, -0.05) is 12.8 Å². The Hall–Kier alpha value is -0.870. The Morgan fingerprint density at radius 2 is 2.14 bits per heavy atom. The summed E-state index contributed by atoms with van der Waals surface area (Å²) in [5.74, 6) is 3.15. The lowest BCUT2D eigenvalue weighted by Crippen LogP contribution is -2.43. The number of nitrogens with zero attached hydrogens (tertiary/aromatic N) is 2. The van der Waals surface area contributed by atoms with Crippen LogP contribution in [-0.4, -0.2) is 28.2 Å². The number of rotatable bonds is 5. The maximum atomic E-state index is 6.03. The third-order valence-corrected chi connectivity index (χ3v) is 5.89. The molecular formula is C18H29N3O. The molecule has 4 atom stereocenters. The van der Waals surface area contributed by atoms with E-state index in [2.05, 4.69) is 28.0 Å². The van der Waals surface area contributed by atoms with Gasteiger partial charge in [0.15, 0.2) is 0 Å². The predicted octanol–water partition coefficient (Wildman–Crippen LogP) is 3.29. The van der Waals surface area contributed by atoms with E-state index in [4.69, 9.17) is 4.74 Å². The van der Waals surface area contributed by atoms with E-state index in [-0.39, 0.29) is 6.10 Å². The van der Waals surface area contributed by atoms with Crippen LogP contribution in [0.25, 0.3) is 0 Å². The summed E-state index contributed by atoms with van der Waals surface area (Å²) >= 11 is 0. The Bertz CT molecular complexity index is 496. The second kappa shape index (κ2) is 6.32.